The first-order valence-electron chi connectivity index (χ1n) is 8.37. The van der Waals surface area contributed by atoms with E-state index in [2.05, 4.69) is 35.4 Å². The summed E-state index contributed by atoms with van der Waals surface area (Å²) in [6.07, 6.45) is 5.16. The molecule has 0 aromatic rings. The highest BCUT2D eigenvalue weighted by molar-refractivity contribution is 7.99. The molecule has 4 heteroatoms. The second-order valence-electron chi connectivity index (χ2n) is 6.77. The Morgan fingerprint density at radius 3 is 2.50 bits per heavy atom. The summed E-state index contributed by atoms with van der Waals surface area (Å²) in [6, 6.07) is 1.18. The fourth-order valence-corrected chi connectivity index (χ4v) is 4.51. The number of thioether (sulfide) groups is 1. The van der Waals surface area contributed by atoms with Crippen molar-refractivity contribution in [1.82, 2.24) is 9.80 Å². The third kappa shape index (κ3) is 4.90. The van der Waals surface area contributed by atoms with Gasteiger partial charge in [-0.15, -0.1) is 0 Å². The van der Waals surface area contributed by atoms with E-state index in [-0.39, 0.29) is 0 Å². The maximum absolute atomic E-state index is 9.44. The van der Waals surface area contributed by atoms with Gasteiger partial charge < -0.3 is 5.11 Å². The van der Waals surface area contributed by atoms with Gasteiger partial charge in [0, 0.05) is 30.9 Å². The smallest absolute Gasteiger partial charge is 0.0586 e. The molecule has 118 valence electrons. The van der Waals surface area contributed by atoms with Crippen LogP contribution in [0.2, 0.25) is 0 Å². The van der Waals surface area contributed by atoms with Crippen LogP contribution in [0.3, 0.4) is 0 Å². The molecule has 0 bridgehead atoms. The molecule has 2 fully saturated rings. The van der Waals surface area contributed by atoms with E-state index in [4.69, 9.17) is 0 Å². The number of aliphatic hydroxyl groups is 1. The van der Waals surface area contributed by atoms with Crippen molar-refractivity contribution in [3.8, 4) is 0 Å². The fourth-order valence-electron chi connectivity index (χ4n) is 3.51. The van der Waals surface area contributed by atoms with Gasteiger partial charge in [-0.1, -0.05) is 13.8 Å². The van der Waals surface area contributed by atoms with Gasteiger partial charge in [-0.25, -0.2) is 0 Å². The van der Waals surface area contributed by atoms with Crippen LogP contribution in [0.5, 0.6) is 0 Å². The van der Waals surface area contributed by atoms with Crippen molar-refractivity contribution in [2.24, 2.45) is 5.92 Å². The quantitative estimate of drug-likeness (QED) is 0.696. The average Bonchev–Trinajstić information content (AvgIpc) is 3.04. The summed E-state index contributed by atoms with van der Waals surface area (Å²) in [5.41, 5.74) is 0. The summed E-state index contributed by atoms with van der Waals surface area (Å²) < 4.78 is 0. The van der Waals surface area contributed by atoms with Gasteiger partial charge in [-0.2, -0.15) is 11.8 Å². The molecule has 0 aromatic carbocycles. The Morgan fingerprint density at radius 2 is 1.80 bits per heavy atom. The van der Waals surface area contributed by atoms with Gasteiger partial charge in [-0.3, -0.25) is 9.80 Å². The largest absolute Gasteiger partial charge is 0.395 e. The molecule has 2 atom stereocenters. The molecule has 0 aromatic heterocycles. The number of hydrogen-bond acceptors (Lipinski definition) is 4. The van der Waals surface area contributed by atoms with E-state index < -0.39 is 0 Å². The highest BCUT2D eigenvalue weighted by Gasteiger charge is 2.30. The summed E-state index contributed by atoms with van der Waals surface area (Å²) in [5.74, 6) is 3.37. The van der Waals surface area contributed by atoms with Crippen LogP contribution in [0.1, 0.15) is 39.5 Å². The Bertz CT molecular complexity index is 275. The minimum absolute atomic E-state index is 0.344. The van der Waals surface area contributed by atoms with E-state index in [9.17, 15) is 5.11 Å². The van der Waals surface area contributed by atoms with Gasteiger partial charge in [0.15, 0.2) is 0 Å². The second-order valence-corrected chi connectivity index (χ2v) is 7.92. The summed E-state index contributed by atoms with van der Waals surface area (Å²) in [5, 5.41) is 9.44. The third-order valence-electron chi connectivity index (χ3n) is 4.63. The molecule has 2 aliphatic heterocycles. The predicted molar refractivity (Wildman–Crippen MR) is 88.4 cm³/mol. The Labute approximate surface area is 129 Å². The average molecular weight is 301 g/mol. The standard InChI is InChI=1S/C16H32N2OS/c1-14(2)13-20-10-9-17-7-3-5-15(17)11-18-8-4-6-16(18)12-19/h14-16,19H,3-13H2,1-2H3. The van der Waals surface area contributed by atoms with Crippen LogP contribution in [0.15, 0.2) is 0 Å². The molecule has 0 aliphatic carbocycles. The van der Waals surface area contributed by atoms with E-state index in [1.165, 1.54) is 63.4 Å². The normalized spacial score (nSPS) is 28.8. The third-order valence-corrected chi connectivity index (χ3v) is 6.00. The van der Waals surface area contributed by atoms with Crippen molar-refractivity contribution in [3.05, 3.63) is 0 Å². The maximum atomic E-state index is 9.44. The summed E-state index contributed by atoms with van der Waals surface area (Å²) in [7, 11) is 0. The molecule has 2 rings (SSSR count). The zero-order valence-electron chi connectivity index (χ0n) is 13.3. The first-order valence-corrected chi connectivity index (χ1v) is 9.53. The Balaban J connectivity index is 1.70. The monoisotopic (exact) mass is 300 g/mol. The number of hydrogen-bond donors (Lipinski definition) is 1. The molecule has 20 heavy (non-hydrogen) atoms. The van der Waals surface area contributed by atoms with Crippen molar-refractivity contribution < 1.29 is 5.11 Å². The van der Waals surface area contributed by atoms with Gasteiger partial charge in [0.05, 0.1) is 6.61 Å². The van der Waals surface area contributed by atoms with Crippen molar-refractivity contribution in [2.45, 2.75) is 51.6 Å². The lowest BCUT2D eigenvalue weighted by Gasteiger charge is -2.31. The van der Waals surface area contributed by atoms with Crippen molar-refractivity contribution in [3.63, 3.8) is 0 Å². The van der Waals surface area contributed by atoms with Crippen LogP contribution >= 0.6 is 11.8 Å². The van der Waals surface area contributed by atoms with E-state index in [0.717, 1.165) is 12.0 Å². The molecular weight excluding hydrogens is 268 g/mol. The first-order chi connectivity index (χ1) is 9.70. The highest BCUT2D eigenvalue weighted by Crippen LogP contribution is 2.23. The zero-order valence-corrected chi connectivity index (χ0v) is 14.1. The number of aliphatic hydroxyl groups excluding tert-OH is 1. The lowest BCUT2D eigenvalue weighted by Crippen LogP contribution is -2.44. The SMILES string of the molecule is CC(C)CSCCN1CCCC1CN1CCCC1CO. The number of nitrogens with zero attached hydrogens (tertiary/aromatic N) is 2. The molecule has 2 saturated heterocycles. The van der Waals surface area contributed by atoms with Crippen LogP contribution in [-0.2, 0) is 0 Å². The van der Waals surface area contributed by atoms with E-state index >= 15 is 0 Å². The Hall–Kier alpha value is 0.230. The zero-order chi connectivity index (χ0) is 14.4. The Kier molecular flexibility index (Phi) is 7.15. The molecule has 1 N–H and O–H groups in total. The molecular formula is C16H32N2OS. The maximum Gasteiger partial charge on any atom is 0.0586 e. The minimum atomic E-state index is 0.344. The van der Waals surface area contributed by atoms with Crippen LogP contribution in [0.4, 0.5) is 0 Å². The summed E-state index contributed by atoms with van der Waals surface area (Å²) in [6.45, 7) is 9.85. The van der Waals surface area contributed by atoms with Crippen LogP contribution in [-0.4, -0.2) is 71.3 Å². The predicted octanol–water partition coefficient (Wildman–Crippen LogP) is 2.30. The van der Waals surface area contributed by atoms with E-state index in [0.29, 0.717) is 12.6 Å². The number of likely N-dealkylation sites (tertiary alicyclic amines) is 2. The van der Waals surface area contributed by atoms with Crippen LogP contribution in [0, 0.1) is 5.92 Å². The van der Waals surface area contributed by atoms with Gasteiger partial charge >= 0.3 is 0 Å². The minimum Gasteiger partial charge on any atom is -0.395 e. The van der Waals surface area contributed by atoms with Gasteiger partial charge in [0.2, 0.25) is 0 Å². The topological polar surface area (TPSA) is 26.7 Å². The van der Waals surface area contributed by atoms with Crippen molar-refractivity contribution >= 4 is 11.8 Å². The molecule has 3 nitrogen and oxygen atoms in total. The summed E-state index contributed by atoms with van der Waals surface area (Å²) >= 11 is 2.10. The highest BCUT2D eigenvalue weighted by atomic mass is 32.2. The summed E-state index contributed by atoms with van der Waals surface area (Å²) in [4.78, 5) is 5.23. The van der Waals surface area contributed by atoms with Crippen molar-refractivity contribution in [2.75, 3.05) is 44.3 Å². The van der Waals surface area contributed by atoms with Crippen LogP contribution < -0.4 is 0 Å². The van der Waals surface area contributed by atoms with Crippen molar-refractivity contribution in [1.29, 1.82) is 0 Å². The second kappa shape index (κ2) is 8.62. The van der Waals surface area contributed by atoms with Crippen LogP contribution in [0.25, 0.3) is 0 Å². The Morgan fingerprint density at radius 1 is 1.10 bits per heavy atom. The molecule has 2 heterocycles. The molecule has 0 amide bonds. The lowest BCUT2D eigenvalue weighted by molar-refractivity contribution is 0.125. The van der Waals surface area contributed by atoms with Gasteiger partial charge in [0.1, 0.15) is 0 Å². The van der Waals surface area contributed by atoms with E-state index in [1.54, 1.807) is 0 Å². The molecule has 2 aliphatic rings. The van der Waals surface area contributed by atoms with Gasteiger partial charge in [-0.05, 0) is 50.4 Å². The van der Waals surface area contributed by atoms with Gasteiger partial charge in [0.25, 0.3) is 0 Å². The molecule has 0 spiro atoms. The molecule has 0 radical (unpaired) electrons. The molecule has 2 unspecified atom stereocenters. The lowest BCUT2D eigenvalue weighted by atomic mass is 10.2. The van der Waals surface area contributed by atoms with E-state index in [1.807, 2.05) is 0 Å². The number of rotatable bonds is 8. The fraction of sp³-hybridized carbons (Fsp3) is 1.00. The first kappa shape index (κ1) is 16.6. The molecule has 0 saturated carbocycles.